The highest BCUT2D eigenvalue weighted by atomic mass is 32.2. The number of nitrogens with one attached hydrogen (secondary N) is 1. The van der Waals surface area contributed by atoms with Gasteiger partial charge >= 0.3 is 0 Å². The van der Waals surface area contributed by atoms with Gasteiger partial charge in [0, 0.05) is 0 Å². The fourth-order valence-corrected chi connectivity index (χ4v) is 5.31. The third-order valence-corrected chi connectivity index (χ3v) is 7.21. The molecule has 1 fully saturated rings. The zero-order chi connectivity index (χ0) is 22.0. The molecule has 6 nitrogen and oxygen atoms in total. The fraction of sp³-hybridized carbons (Fsp3) is 0.636. The Kier molecular flexibility index (Phi) is 7.28. The maximum absolute atomic E-state index is 13.1. The number of rotatable bonds is 7. The van der Waals surface area contributed by atoms with E-state index in [0.717, 1.165) is 5.56 Å². The summed E-state index contributed by atoms with van der Waals surface area (Å²) in [6.07, 6.45) is -0.261. The Morgan fingerprint density at radius 1 is 1.21 bits per heavy atom. The summed E-state index contributed by atoms with van der Waals surface area (Å²) in [6.45, 7) is 11.7. The van der Waals surface area contributed by atoms with Crippen molar-refractivity contribution in [2.45, 2.75) is 76.5 Å². The van der Waals surface area contributed by atoms with Crippen LogP contribution in [0.2, 0.25) is 0 Å². The summed E-state index contributed by atoms with van der Waals surface area (Å²) in [4.78, 5) is 24.8. The van der Waals surface area contributed by atoms with Gasteiger partial charge in [0.15, 0.2) is 15.6 Å². The predicted octanol–water partition coefficient (Wildman–Crippen LogP) is 2.79. The molecule has 1 amide bonds. The lowest BCUT2D eigenvalue weighted by Gasteiger charge is -2.23. The van der Waals surface area contributed by atoms with Crippen LogP contribution in [0.4, 0.5) is 0 Å². The standard InChI is InChI=1S/C22H33NO5S/c1-14(2)11-19(21(25)23-20-15(3)28-12-18(20)24)29(26,27)13-16-7-9-17(10-8-16)22(4,5)6/h7-10,14-15,19-20H,11-13H2,1-6H3,(H,23,25)/t15?,19-,20-/m1/s1. The number of carbonyl (C=O) groups is 2. The highest BCUT2D eigenvalue weighted by molar-refractivity contribution is 7.92. The van der Waals surface area contributed by atoms with Crippen LogP contribution in [-0.4, -0.2) is 44.1 Å². The SMILES string of the molecule is CC(C)C[C@H](C(=O)N[C@H]1C(=O)COC1C)S(=O)(=O)Cc1ccc(C(C)(C)C)cc1. The Hall–Kier alpha value is -1.73. The van der Waals surface area contributed by atoms with Crippen LogP contribution in [0.3, 0.4) is 0 Å². The molecule has 1 aliphatic rings. The molecule has 1 saturated heterocycles. The van der Waals surface area contributed by atoms with Gasteiger partial charge < -0.3 is 10.1 Å². The van der Waals surface area contributed by atoms with Gasteiger partial charge in [0.1, 0.15) is 17.9 Å². The van der Waals surface area contributed by atoms with E-state index in [2.05, 4.69) is 26.1 Å². The second-order valence-electron chi connectivity index (χ2n) is 9.34. The molecule has 1 N–H and O–H groups in total. The molecule has 0 aliphatic carbocycles. The summed E-state index contributed by atoms with van der Waals surface area (Å²) >= 11 is 0. The van der Waals surface area contributed by atoms with Crippen LogP contribution < -0.4 is 5.32 Å². The first-order valence-electron chi connectivity index (χ1n) is 10.1. The first-order valence-corrected chi connectivity index (χ1v) is 11.8. The Morgan fingerprint density at radius 3 is 2.24 bits per heavy atom. The molecule has 1 heterocycles. The minimum Gasteiger partial charge on any atom is -0.368 e. The van der Waals surface area contributed by atoms with Gasteiger partial charge in [0.25, 0.3) is 0 Å². The Morgan fingerprint density at radius 2 is 1.79 bits per heavy atom. The molecule has 0 saturated carbocycles. The second kappa shape index (κ2) is 8.96. The van der Waals surface area contributed by atoms with Crippen LogP contribution in [0.15, 0.2) is 24.3 Å². The minimum atomic E-state index is -3.76. The van der Waals surface area contributed by atoms with Crippen molar-refractivity contribution in [1.29, 1.82) is 0 Å². The minimum absolute atomic E-state index is 0.0109. The van der Waals surface area contributed by atoms with Crippen LogP contribution >= 0.6 is 0 Å². The zero-order valence-electron chi connectivity index (χ0n) is 18.2. The first kappa shape index (κ1) is 23.5. The van der Waals surface area contributed by atoms with Crippen molar-refractivity contribution in [2.24, 2.45) is 5.92 Å². The molecule has 29 heavy (non-hydrogen) atoms. The van der Waals surface area contributed by atoms with Crippen LogP contribution in [-0.2, 0) is 35.3 Å². The lowest BCUT2D eigenvalue weighted by atomic mass is 9.87. The average molecular weight is 424 g/mol. The highest BCUT2D eigenvalue weighted by Crippen LogP contribution is 2.24. The Bertz CT molecular complexity index is 837. The molecule has 0 spiro atoms. The van der Waals surface area contributed by atoms with Gasteiger partial charge in [-0.2, -0.15) is 0 Å². The predicted molar refractivity (Wildman–Crippen MR) is 113 cm³/mol. The van der Waals surface area contributed by atoms with Crippen LogP contribution in [0.1, 0.15) is 59.1 Å². The number of Topliss-reactive ketones (excluding diaryl/α,β-unsaturated/α-hetero) is 1. The topological polar surface area (TPSA) is 89.5 Å². The summed E-state index contributed by atoms with van der Waals surface area (Å²) in [6, 6.07) is 6.67. The van der Waals surface area contributed by atoms with Gasteiger partial charge in [-0.25, -0.2) is 8.42 Å². The Balaban J connectivity index is 2.21. The monoisotopic (exact) mass is 423 g/mol. The van der Waals surface area contributed by atoms with E-state index in [-0.39, 0.29) is 35.9 Å². The molecule has 1 aliphatic heterocycles. The second-order valence-corrected chi connectivity index (χ2v) is 11.5. The van der Waals surface area contributed by atoms with Crippen molar-refractivity contribution in [1.82, 2.24) is 5.32 Å². The fourth-order valence-electron chi connectivity index (χ4n) is 3.38. The molecule has 1 unspecified atom stereocenters. The molecule has 1 aromatic carbocycles. The number of sulfone groups is 1. The van der Waals surface area contributed by atoms with Gasteiger partial charge in [0.2, 0.25) is 5.91 Å². The summed E-state index contributed by atoms with van der Waals surface area (Å²) in [5.74, 6) is -1.06. The van der Waals surface area contributed by atoms with Crippen LogP contribution in [0, 0.1) is 5.92 Å². The number of ether oxygens (including phenoxy) is 1. The number of hydrogen-bond acceptors (Lipinski definition) is 5. The quantitative estimate of drug-likeness (QED) is 0.728. The molecular formula is C22H33NO5S. The smallest absolute Gasteiger partial charge is 0.239 e. The molecule has 7 heteroatoms. The number of benzene rings is 1. The molecule has 0 bridgehead atoms. The largest absolute Gasteiger partial charge is 0.368 e. The number of ketones is 1. The number of amides is 1. The summed E-state index contributed by atoms with van der Waals surface area (Å²) in [7, 11) is -3.76. The molecule has 0 radical (unpaired) electrons. The molecule has 1 aromatic rings. The van der Waals surface area contributed by atoms with E-state index in [1.807, 2.05) is 26.0 Å². The summed E-state index contributed by atoms with van der Waals surface area (Å²) < 4.78 is 31.5. The van der Waals surface area contributed by atoms with Gasteiger partial charge in [-0.15, -0.1) is 0 Å². The maximum Gasteiger partial charge on any atom is 0.239 e. The van der Waals surface area contributed by atoms with E-state index in [1.165, 1.54) is 0 Å². The maximum atomic E-state index is 13.1. The third-order valence-electron chi connectivity index (χ3n) is 5.20. The van der Waals surface area contributed by atoms with E-state index < -0.39 is 33.1 Å². The average Bonchev–Trinajstić information content (AvgIpc) is 2.90. The lowest BCUT2D eigenvalue weighted by molar-refractivity contribution is -0.126. The van der Waals surface area contributed by atoms with E-state index in [0.29, 0.717) is 5.56 Å². The van der Waals surface area contributed by atoms with E-state index in [9.17, 15) is 18.0 Å². The highest BCUT2D eigenvalue weighted by Gasteiger charge is 2.39. The van der Waals surface area contributed by atoms with Crippen molar-refractivity contribution < 1.29 is 22.7 Å². The van der Waals surface area contributed by atoms with Crippen molar-refractivity contribution >= 4 is 21.5 Å². The summed E-state index contributed by atoms with van der Waals surface area (Å²) in [5.41, 5.74) is 1.74. The van der Waals surface area contributed by atoms with Gasteiger partial charge in [-0.3, -0.25) is 9.59 Å². The molecule has 0 aromatic heterocycles. The first-order chi connectivity index (χ1) is 13.3. The molecule has 2 rings (SSSR count). The Labute approximate surface area is 174 Å². The molecule has 162 valence electrons. The van der Waals surface area contributed by atoms with Gasteiger partial charge in [0.05, 0.1) is 11.9 Å². The van der Waals surface area contributed by atoms with E-state index >= 15 is 0 Å². The van der Waals surface area contributed by atoms with Crippen molar-refractivity contribution in [3.8, 4) is 0 Å². The third kappa shape index (κ3) is 6.12. The molecule has 3 atom stereocenters. The van der Waals surface area contributed by atoms with Crippen molar-refractivity contribution in [2.75, 3.05) is 6.61 Å². The zero-order valence-corrected chi connectivity index (χ0v) is 19.0. The summed E-state index contributed by atoms with van der Waals surface area (Å²) in [5, 5.41) is 1.41. The van der Waals surface area contributed by atoms with Crippen LogP contribution in [0.5, 0.6) is 0 Å². The van der Waals surface area contributed by atoms with Crippen LogP contribution in [0.25, 0.3) is 0 Å². The lowest BCUT2D eigenvalue weighted by Crippen LogP contribution is -2.50. The van der Waals surface area contributed by atoms with Crippen molar-refractivity contribution in [3.05, 3.63) is 35.4 Å². The normalized spacial score (nSPS) is 21.4. The van der Waals surface area contributed by atoms with E-state index in [4.69, 9.17) is 4.74 Å². The van der Waals surface area contributed by atoms with E-state index in [1.54, 1.807) is 19.1 Å². The van der Waals surface area contributed by atoms with Gasteiger partial charge in [-0.1, -0.05) is 58.9 Å². The van der Waals surface area contributed by atoms with Crippen molar-refractivity contribution in [3.63, 3.8) is 0 Å². The number of hydrogen-bond donors (Lipinski definition) is 1. The number of carbonyl (C=O) groups excluding carboxylic acids is 2. The molecular weight excluding hydrogens is 390 g/mol. The van der Waals surface area contributed by atoms with Gasteiger partial charge in [-0.05, 0) is 35.8 Å².